The Morgan fingerprint density at radius 1 is 1.00 bits per heavy atom. The Bertz CT molecular complexity index is 758. The molecule has 1 saturated heterocycles. The minimum Gasteiger partial charge on any atom is -0.497 e. The van der Waals surface area contributed by atoms with Crippen LogP contribution in [0.4, 0.5) is 11.4 Å². The Labute approximate surface area is 140 Å². The Morgan fingerprint density at radius 3 is 2.38 bits per heavy atom. The smallest absolute Gasteiger partial charge is 0.256 e. The Hall–Kier alpha value is -3.02. The number of ether oxygens (including phenoxy) is 2. The van der Waals surface area contributed by atoms with Gasteiger partial charge >= 0.3 is 0 Å². The number of hydrogen-bond donors (Lipinski definition) is 1. The van der Waals surface area contributed by atoms with Crippen LogP contribution in [-0.4, -0.2) is 32.1 Å². The van der Waals surface area contributed by atoms with Crippen LogP contribution in [0.5, 0.6) is 11.5 Å². The van der Waals surface area contributed by atoms with E-state index in [0.29, 0.717) is 11.4 Å². The van der Waals surface area contributed by atoms with E-state index in [9.17, 15) is 9.59 Å². The van der Waals surface area contributed by atoms with Gasteiger partial charge in [-0.3, -0.25) is 9.59 Å². The predicted octanol–water partition coefficient (Wildman–Crippen LogP) is 2.45. The Kier molecular flexibility index (Phi) is 4.37. The summed E-state index contributed by atoms with van der Waals surface area (Å²) in [6.07, 6.45) is 0.100. The van der Waals surface area contributed by atoms with Crippen LogP contribution in [-0.2, 0) is 9.59 Å². The van der Waals surface area contributed by atoms with Gasteiger partial charge in [0.25, 0.3) is 5.91 Å². The van der Waals surface area contributed by atoms with Crippen LogP contribution in [0, 0.1) is 0 Å². The molecule has 2 aromatic rings. The van der Waals surface area contributed by atoms with Crippen molar-refractivity contribution in [2.75, 3.05) is 24.4 Å². The maximum atomic E-state index is 12.7. The van der Waals surface area contributed by atoms with Crippen molar-refractivity contribution < 1.29 is 19.1 Å². The number of imide groups is 1. The lowest BCUT2D eigenvalue weighted by atomic mass is 10.2. The molecule has 2 amide bonds. The Balaban J connectivity index is 1.81. The number of nitrogens with one attached hydrogen (secondary N) is 1. The third-order valence-corrected chi connectivity index (χ3v) is 3.90. The molecule has 0 aliphatic carbocycles. The summed E-state index contributed by atoms with van der Waals surface area (Å²) >= 11 is 0. The van der Waals surface area contributed by atoms with Crippen LogP contribution >= 0.6 is 0 Å². The number of nitrogens with zero attached hydrogens (tertiary/aromatic N) is 1. The zero-order valence-electron chi connectivity index (χ0n) is 13.5. The highest BCUT2D eigenvalue weighted by Crippen LogP contribution is 2.32. The molecule has 124 valence electrons. The van der Waals surface area contributed by atoms with Crippen molar-refractivity contribution in [3.63, 3.8) is 0 Å². The van der Waals surface area contributed by atoms with Crippen molar-refractivity contribution in [1.82, 2.24) is 0 Å². The molecule has 0 bridgehead atoms. The average molecular weight is 326 g/mol. The summed E-state index contributed by atoms with van der Waals surface area (Å²) in [6.45, 7) is 0. The van der Waals surface area contributed by atoms with Crippen LogP contribution in [0.1, 0.15) is 6.42 Å². The van der Waals surface area contributed by atoms with Gasteiger partial charge in [-0.1, -0.05) is 12.1 Å². The summed E-state index contributed by atoms with van der Waals surface area (Å²) in [5.74, 6) is 0.671. The number of anilines is 2. The molecule has 1 N–H and O–H groups in total. The van der Waals surface area contributed by atoms with Gasteiger partial charge in [0, 0.05) is 5.69 Å². The topological polar surface area (TPSA) is 67.9 Å². The van der Waals surface area contributed by atoms with Crippen LogP contribution < -0.4 is 19.7 Å². The largest absolute Gasteiger partial charge is 0.497 e. The molecular formula is C18H18N2O4. The normalized spacial score (nSPS) is 17.1. The number of hydrogen-bond acceptors (Lipinski definition) is 5. The summed E-state index contributed by atoms with van der Waals surface area (Å²) in [7, 11) is 3.10. The molecule has 3 rings (SSSR count). The highest BCUT2D eigenvalue weighted by Gasteiger charge is 2.40. The minimum atomic E-state index is -0.601. The van der Waals surface area contributed by atoms with E-state index in [1.54, 1.807) is 43.5 Å². The van der Waals surface area contributed by atoms with Gasteiger partial charge in [0.1, 0.15) is 17.5 Å². The molecule has 1 aliphatic heterocycles. The zero-order chi connectivity index (χ0) is 17.1. The van der Waals surface area contributed by atoms with E-state index in [2.05, 4.69) is 5.32 Å². The molecule has 6 nitrogen and oxygen atoms in total. The van der Waals surface area contributed by atoms with Gasteiger partial charge in [0.2, 0.25) is 5.91 Å². The summed E-state index contributed by atoms with van der Waals surface area (Å²) in [5, 5.41) is 3.10. The van der Waals surface area contributed by atoms with Crippen molar-refractivity contribution in [3.05, 3.63) is 48.5 Å². The summed E-state index contributed by atoms with van der Waals surface area (Å²) in [4.78, 5) is 26.2. The number of methoxy groups -OCH3 is 2. The van der Waals surface area contributed by atoms with E-state index < -0.39 is 6.04 Å². The van der Waals surface area contributed by atoms with Crippen molar-refractivity contribution >= 4 is 23.2 Å². The first-order valence-corrected chi connectivity index (χ1v) is 7.54. The van der Waals surface area contributed by atoms with Gasteiger partial charge in [-0.15, -0.1) is 0 Å². The van der Waals surface area contributed by atoms with Crippen LogP contribution in [0.3, 0.4) is 0 Å². The molecule has 2 aromatic carbocycles. The van der Waals surface area contributed by atoms with Crippen molar-refractivity contribution in [1.29, 1.82) is 0 Å². The molecule has 6 heteroatoms. The molecule has 0 saturated carbocycles. The second-order valence-corrected chi connectivity index (χ2v) is 5.37. The summed E-state index contributed by atoms with van der Waals surface area (Å²) < 4.78 is 10.4. The van der Waals surface area contributed by atoms with Crippen LogP contribution in [0.2, 0.25) is 0 Å². The number of carbonyl (C=O) groups is 2. The predicted molar refractivity (Wildman–Crippen MR) is 90.5 cm³/mol. The van der Waals surface area contributed by atoms with E-state index in [-0.39, 0.29) is 18.2 Å². The zero-order valence-corrected chi connectivity index (χ0v) is 13.5. The summed E-state index contributed by atoms with van der Waals surface area (Å²) in [6, 6.07) is 13.6. The van der Waals surface area contributed by atoms with Gasteiger partial charge < -0.3 is 14.8 Å². The number of carbonyl (C=O) groups excluding carboxylic acids is 2. The van der Waals surface area contributed by atoms with Gasteiger partial charge in [-0.05, 0) is 36.4 Å². The lowest BCUT2D eigenvalue weighted by molar-refractivity contribution is -0.121. The fraction of sp³-hybridized carbons (Fsp3) is 0.222. The monoisotopic (exact) mass is 326 g/mol. The fourth-order valence-corrected chi connectivity index (χ4v) is 2.70. The van der Waals surface area contributed by atoms with E-state index in [4.69, 9.17) is 9.47 Å². The van der Waals surface area contributed by atoms with Gasteiger partial charge in [0.05, 0.1) is 26.3 Å². The van der Waals surface area contributed by atoms with Gasteiger partial charge in [0.15, 0.2) is 0 Å². The molecule has 0 spiro atoms. The van der Waals surface area contributed by atoms with Crippen molar-refractivity contribution in [2.24, 2.45) is 0 Å². The molecule has 0 unspecified atom stereocenters. The first kappa shape index (κ1) is 15.9. The highest BCUT2D eigenvalue weighted by molar-refractivity contribution is 6.23. The fourth-order valence-electron chi connectivity index (χ4n) is 2.70. The average Bonchev–Trinajstić information content (AvgIpc) is 2.89. The molecule has 1 heterocycles. The van der Waals surface area contributed by atoms with E-state index in [1.807, 2.05) is 12.1 Å². The second-order valence-electron chi connectivity index (χ2n) is 5.37. The quantitative estimate of drug-likeness (QED) is 0.855. The van der Waals surface area contributed by atoms with Crippen LogP contribution in [0.15, 0.2) is 48.5 Å². The Morgan fingerprint density at radius 2 is 1.71 bits per heavy atom. The van der Waals surface area contributed by atoms with E-state index in [1.165, 1.54) is 12.0 Å². The van der Waals surface area contributed by atoms with Crippen molar-refractivity contribution in [3.8, 4) is 11.5 Å². The van der Waals surface area contributed by atoms with E-state index >= 15 is 0 Å². The van der Waals surface area contributed by atoms with E-state index in [0.717, 1.165) is 11.4 Å². The van der Waals surface area contributed by atoms with Crippen molar-refractivity contribution in [2.45, 2.75) is 12.5 Å². The SMILES string of the molecule is COc1ccc(N[C@@H]2CC(=O)N(c3ccccc3OC)C2=O)cc1. The maximum Gasteiger partial charge on any atom is 0.256 e. The molecular weight excluding hydrogens is 308 g/mol. The van der Waals surface area contributed by atoms with Gasteiger partial charge in [-0.25, -0.2) is 4.90 Å². The highest BCUT2D eigenvalue weighted by atomic mass is 16.5. The first-order chi connectivity index (χ1) is 11.6. The first-order valence-electron chi connectivity index (χ1n) is 7.54. The number of rotatable bonds is 5. The third-order valence-electron chi connectivity index (χ3n) is 3.90. The number of para-hydroxylation sites is 2. The lowest BCUT2D eigenvalue weighted by Gasteiger charge is -2.18. The molecule has 1 aliphatic rings. The van der Waals surface area contributed by atoms with Crippen LogP contribution in [0.25, 0.3) is 0 Å². The standard InChI is InChI=1S/C18H18N2O4/c1-23-13-9-7-12(8-10-13)19-14-11-17(21)20(18(14)22)15-5-3-4-6-16(15)24-2/h3-10,14,19H,11H2,1-2H3/t14-/m1/s1. The molecule has 1 atom stereocenters. The third kappa shape index (κ3) is 2.90. The minimum absolute atomic E-state index is 0.100. The number of amides is 2. The molecule has 24 heavy (non-hydrogen) atoms. The molecule has 0 aromatic heterocycles. The molecule has 1 fully saturated rings. The number of benzene rings is 2. The summed E-state index contributed by atoms with van der Waals surface area (Å²) in [5.41, 5.74) is 1.22. The van der Waals surface area contributed by atoms with Gasteiger partial charge in [-0.2, -0.15) is 0 Å². The molecule has 0 radical (unpaired) electrons. The maximum absolute atomic E-state index is 12.7. The second kappa shape index (κ2) is 6.62. The lowest BCUT2D eigenvalue weighted by Crippen LogP contribution is -2.35.